The Labute approximate surface area is 159 Å². The molecule has 0 spiro atoms. The molecule has 0 aliphatic heterocycles. The average molecular weight is 359 g/mol. The Bertz CT molecular complexity index is 554. The van der Waals surface area contributed by atoms with Gasteiger partial charge in [0.05, 0.1) is 6.61 Å². The van der Waals surface area contributed by atoms with Crippen LogP contribution in [0.2, 0.25) is 0 Å². The number of hydrogen-bond donors (Lipinski definition) is 1. The molecule has 1 N–H and O–H groups in total. The minimum absolute atomic E-state index is 0.148. The van der Waals surface area contributed by atoms with Crippen LogP contribution >= 0.6 is 0 Å². The van der Waals surface area contributed by atoms with Crippen molar-refractivity contribution < 1.29 is 14.6 Å². The van der Waals surface area contributed by atoms with E-state index >= 15 is 0 Å². The molecule has 0 atom stereocenters. The number of carboxylic acids is 1. The molecule has 0 heterocycles. The fourth-order valence-electron chi connectivity index (χ4n) is 2.88. The van der Waals surface area contributed by atoms with E-state index < -0.39 is 5.97 Å². The van der Waals surface area contributed by atoms with E-state index in [2.05, 4.69) is 18.8 Å². The molecule has 1 aromatic rings. The lowest BCUT2D eigenvalue weighted by molar-refractivity contribution is -0.136. The van der Waals surface area contributed by atoms with Gasteiger partial charge in [-0.1, -0.05) is 82.1 Å². The van der Waals surface area contributed by atoms with Crippen molar-refractivity contribution in [2.75, 3.05) is 6.61 Å². The standard InChI is InChI=1S/C23H34O3/c1-2-3-4-5-6-7-8-9-10-11-14-19-26-20-22-16-13-12-15-21(22)17-18-23(24)25/h12-13,15-16H,2-10,17-20H2,1H3,(H,24,25). The lowest BCUT2D eigenvalue weighted by Gasteiger charge is -2.07. The minimum atomic E-state index is -0.771. The first-order valence-corrected chi connectivity index (χ1v) is 10.1. The molecule has 0 radical (unpaired) electrons. The van der Waals surface area contributed by atoms with E-state index in [0.29, 0.717) is 19.6 Å². The summed E-state index contributed by atoms with van der Waals surface area (Å²) in [5, 5.41) is 8.82. The van der Waals surface area contributed by atoms with E-state index in [1.54, 1.807) is 0 Å². The van der Waals surface area contributed by atoms with Crippen LogP contribution in [0.1, 0.15) is 82.3 Å². The third-order valence-electron chi connectivity index (χ3n) is 4.44. The maximum absolute atomic E-state index is 10.7. The largest absolute Gasteiger partial charge is 0.481 e. The summed E-state index contributed by atoms with van der Waals surface area (Å²) < 4.78 is 5.63. The van der Waals surface area contributed by atoms with Gasteiger partial charge < -0.3 is 9.84 Å². The van der Waals surface area contributed by atoms with Gasteiger partial charge in [-0.2, -0.15) is 0 Å². The minimum Gasteiger partial charge on any atom is -0.481 e. The highest BCUT2D eigenvalue weighted by Gasteiger charge is 2.04. The Morgan fingerprint density at radius 2 is 1.62 bits per heavy atom. The van der Waals surface area contributed by atoms with E-state index in [4.69, 9.17) is 9.84 Å². The zero-order chi connectivity index (χ0) is 18.9. The second kappa shape index (κ2) is 15.5. The van der Waals surface area contributed by atoms with Crippen molar-refractivity contribution in [3.63, 3.8) is 0 Å². The molecule has 3 heteroatoms. The van der Waals surface area contributed by atoms with Crippen LogP contribution < -0.4 is 0 Å². The van der Waals surface area contributed by atoms with Crippen molar-refractivity contribution in [1.29, 1.82) is 0 Å². The van der Waals surface area contributed by atoms with E-state index in [1.165, 1.54) is 51.4 Å². The predicted molar refractivity (Wildman–Crippen MR) is 107 cm³/mol. The highest BCUT2D eigenvalue weighted by Crippen LogP contribution is 2.12. The molecular weight excluding hydrogens is 324 g/mol. The van der Waals surface area contributed by atoms with Crippen molar-refractivity contribution in [3.8, 4) is 11.8 Å². The normalized spacial score (nSPS) is 10.3. The van der Waals surface area contributed by atoms with Gasteiger partial charge in [-0.15, -0.1) is 5.92 Å². The molecule has 144 valence electrons. The molecule has 0 amide bonds. The number of hydrogen-bond acceptors (Lipinski definition) is 2. The third kappa shape index (κ3) is 11.7. The Balaban J connectivity index is 2.09. The summed E-state index contributed by atoms with van der Waals surface area (Å²) in [7, 11) is 0. The van der Waals surface area contributed by atoms with Crippen molar-refractivity contribution in [1.82, 2.24) is 0 Å². The number of rotatable bonds is 14. The topological polar surface area (TPSA) is 46.5 Å². The zero-order valence-corrected chi connectivity index (χ0v) is 16.3. The van der Waals surface area contributed by atoms with Gasteiger partial charge in [0.15, 0.2) is 0 Å². The Morgan fingerprint density at radius 3 is 2.31 bits per heavy atom. The van der Waals surface area contributed by atoms with Crippen molar-refractivity contribution in [2.45, 2.75) is 84.2 Å². The van der Waals surface area contributed by atoms with Crippen LogP contribution in [0.3, 0.4) is 0 Å². The lowest BCUT2D eigenvalue weighted by atomic mass is 10.0. The SMILES string of the molecule is CCCCCCCCCCC#CCOCc1ccccc1CCC(=O)O. The van der Waals surface area contributed by atoms with Crippen LogP contribution in [0.25, 0.3) is 0 Å². The maximum Gasteiger partial charge on any atom is 0.303 e. The molecule has 0 unspecified atom stereocenters. The Morgan fingerprint density at radius 1 is 0.962 bits per heavy atom. The first kappa shape index (κ1) is 22.3. The van der Waals surface area contributed by atoms with Gasteiger partial charge in [-0.05, 0) is 24.0 Å². The van der Waals surface area contributed by atoms with Gasteiger partial charge in [-0.3, -0.25) is 4.79 Å². The number of benzene rings is 1. The Hall–Kier alpha value is -1.79. The van der Waals surface area contributed by atoms with E-state index in [-0.39, 0.29) is 6.42 Å². The van der Waals surface area contributed by atoms with Gasteiger partial charge in [0.1, 0.15) is 6.61 Å². The summed E-state index contributed by atoms with van der Waals surface area (Å²) in [6.45, 7) is 3.17. The van der Waals surface area contributed by atoms with Gasteiger partial charge in [0.25, 0.3) is 0 Å². The van der Waals surface area contributed by atoms with Crippen LogP contribution in [-0.2, 0) is 22.6 Å². The second-order valence-electron chi connectivity index (χ2n) is 6.73. The molecule has 0 saturated carbocycles. The predicted octanol–water partition coefficient (Wildman–Crippen LogP) is 5.75. The van der Waals surface area contributed by atoms with Crippen LogP contribution in [0, 0.1) is 11.8 Å². The quantitative estimate of drug-likeness (QED) is 0.340. The summed E-state index contributed by atoms with van der Waals surface area (Å²) >= 11 is 0. The van der Waals surface area contributed by atoms with Gasteiger partial charge in [-0.25, -0.2) is 0 Å². The van der Waals surface area contributed by atoms with Gasteiger partial charge >= 0.3 is 5.97 Å². The number of ether oxygens (including phenoxy) is 1. The fraction of sp³-hybridized carbons (Fsp3) is 0.609. The summed E-state index contributed by atoms with van der Waals surface area (Å²) in [6, 6.07) is 7.85. The highest BCUT2D eigenvalue weighted by molar-refractivity contribution is 5.67. The molecular formula is C23H34O3. The van der Waals surface area contributed by atoms with Gasteiger partial charge in [0, 0.05) is 12.8 Å². The molecule has 0 fully saturated rings. The third-order valence-corrected chi connectivity index (χ3v) is 4.44. The van der Waals surface area contributed by atoms with Crippen LogP contribution in [0.4, 0.5) is 0 Å². The number of unbranched alkanes of at least 4 members (excludes halogenated alkanes) is 8. The lowest BCUT2D eigenvalue weighted by Crippen LogP contribution is -2.02. The van der Waals surface area contributed by atoms with Crippen LogP contribution in [0.5, 0.6) is 0 Å². The molecule has 0 aliphatic carbocycles. The molecule has 0 saturated heterocycles. The average Bonchev–Trinajstić information content (AvgIpc) is 2.64. The molecule has 1 rings (SSSR count). The number of aryl methyl sites for hydroxylation is 1. The van der Waals surface area contributed by atoms with Crippen molar-refractivity contribution in [3.05, 3.63) is 35.4 Å². The summed E-state index contributed by atoms with van der Waals surface area (Å²) in [5.74, 6) is 5.49. The smallest absolute Gasteiger partial charge is 0.303 e. The first-order valence-electron chi connectivity index (χ1n) is 10.1. The zero-order valence-electron chi connectivity index (χ0n) is 16.3. The van der Waals surface area contributed by atoms with Crippen molar-refractivity contribution in [2.24, 2.45) is 0 Å². The number of aliphatic carboxylic acids is 1. The summed E-state index contributed by atoms with van der Waals surface area (Å²) in [5.41, 5.74) is 2.10. The Kier molecular flexibility index (Phi) is 13.2. The fourth-order valence-corrected chi connectivity index (χ4v) is 2.88. The van der Waals surface area contributed by atoms with E-state index in [1.807, 2.05) is 24.3 Å². The molecule has 0 bridgehead atoms. The van der Waals surface area contributed by atoms with Gasteiger partial charge in [0.2, 0.25) is 0 Å². The van der Waals surface area contributed by atoms with E-state index in [9.17, 15) is 4.79 Å². The molecule has 26 heavy (non-hydrogen) atoms. The maximum atomic E-state index is 10.7. The summed E-state index contributed by atoms with van der Waals surface area (Å²) in [4.78, 5) is 10.7. The number of carbonyl (C=O) groups is 1. The molecule has 1 aromatic carbocycles. The number of carboxylic acid groups (broad SMARTS) is 1. The van der Waals surface area contributed by atoms with Crippen molar-refractivity contribution >= 4 is 5.97 Å². The van der Waals surface area contributed by atoms with Crippen LogP contribution in [0.15, 0.2) is 24.3 Å². The molecule has 3 nitrogen and oxygen atoms in total. The summed E-state index contributed by atoms with van der Waals surface area (Å²) in [6.07, 6.45) is 12.2. The van der Waals surface area contributed by atoms with Crippen LogP contribution in [-0.4, -0.2) is 17.7 Å². The monoisotopic (exact) mass is 358 g/mol. The second-order valence-corrected chi connectivity index (χ2v) is 6.73. The molecule has 0 aromatic heterocycles. The highest BCUT2D eigenvalue weighted by atomic mass is 16.5. The first-order chi connectivity index (χ1) is 12.7. The van der Waals surface area contributed by atoms with E-state index in [0.717, 1.165) is 17.5 Å². The molecule has 0 aliphatic rings.